The van der Waals surface area contributed by atoms with Gasteiger partial charge in [0, 0.05) is 30.6 Å². The number of ketones is 3. The van der Waals surface area contributed by atoms with Crippen molar-refractivity contribution in [2.24, 2.45) is 34.5 Å². The van der Waals surface area contributed by atoms with Gasteiger partial charge in [-0.1, -0.05) is 13.8 Å². The number of fused-ring (bicyclic) bond motifs is 5. The lowest BCUT2D eigenvalue weighted by atomic mass is 9.44. The highest BCUT2D eigenvalue weighted by Gasteiger charge is 2.69. The molecule has 7 unspecified atom stereocenters. The topological polar surface area (TPSA) is 88.5 Å². The van der Waals surface area contributed by atoms with E-state index in [9.17, 15) is 24.3 Å². The molecular formula is C21H28O5. The lowest BCUT2D eigenvalue weighted by molar-refractivity contribution is -0.177. The maximum absolute atomic E-state index is 13.3. The average molecular weight is 360 g/mol. The molecule has 0 saturated heterocycles. The molecule has 4 rings (SSSR count). The summed E-state index contributed by atoms with van der Waals surface area (Å²) in [7, 11) is 0. The van der Waals surface area contributed by atoms with Crippen molar-refractivity contribution in [1.82, 2.24) is 0 Å². The van der Waals surface area contributed by atoms with Crippen LogP contribution in [-0.2, 0) is 19.2 Å². The molecule has 0 aromatic heterocycles. The predicted octanol–water partition coefficient (Wildman–Crippen LogP) is 2.28. The van der Waals surface area contributed by atoms with Crippen LogP contribution in [0.2, 0.25) is 0 Å². The van der Waals surface area contributed by atoms with Gasteiger partial charge in [-0.25, -0.2) is 0 Å². The molecule has 4 aliphatic rings. The standard InChI is InChI=1S/C21H28O5/c1-19-7-5-13(23)9-12(19)3-4-14-15-6-8-21(26,17(25)11-22)20(15,2)10-16(24)18(14)19/h11-12,14-15,18,26H,3-10H2,1-2H3. The highest BCUT2D eigenvalue weighted by Crippen LogP contribution is 2.67. The number of hydrogen-bond acceptors (Lipinski definition) is 5. The van der Waals surface area contributed by atoms with E-state index in [1.165, 1.54) is 0 Å². The van der Waals surface area contributed by atoms with Crippen LogP contribution in [0.4, 0.5) is 0 Å². The van der Waals surface area contributed by atoms with E-state index in [4.69, 9.17) is 0 Å². The fourth-order valence-corrected chi connectivity index (χ4v) is 7.37. The number of aldehydes is 1. The van der Waals surface area contributed by atoms with Crippen molar-refractivity contribution in [3.63, 3.8) is 0 Å². The molecule has 4 aliphatic carbocycles. The SMILES string of the molecule is CC12CCC(=O)CC1CCC1C2C(=O)CC2(C)C1CCC2(O)C(=O)C=O. The summed E-state index contributed by atoms with van der Waals surface area (Å²) >= 11 is 0. The van der Waals surface area contributed by atoms with Gasteiger partial charge in [0.05, 0.1) is 0 Å². The van der Waals surface area contributed by atoms with Crippen molar-refractivity contribution >= 4 is 23.6 Å². The van der Waals surface area contributed by atoms with Gasteiger partial charge in [-0.3, -0.25) is 19.2 Å². The molecule has 4 saturated carbocycles. The second-order valence-electron chi connectivity index (χ2n) is 9.71. The van der Waals surface area contributed by atoms with Crippen LogP contribution in [0.15, 0.2) is 0 Å². The van der Waals surface area contributed by atoms with Crippen LogP contribution in [0, 0.1) is 34.5 Å². The van der Waals surface area contributed by atoms with Crippen molar-refractivity contribution in [2.45, 2.75) is 70.8 Å². The van der Waals surface area contributed by atoms with Crippen molar-refractivity contribution < 1.29 is 24.3 Å². The Bertz CT molecular complexity index is 699. The Morgan fingerprint density at radius 2 is 1.88 bits per heavy atom. The molecule has 0 bridgehead atoms. The molecule has 5 nitrogen and oxygen atoms in total. The van der Waals surface area contributed by atoms with E-state index in [0.717, 1.165) is 19.3 Å². The van der Waals surface area contributed by atoms with Gasteiger partial charge < -0.3 is 5.11 Å². The van der Waals surface area contributed by atoms with Gasteiger partial charge in [-0.05, 0) is 55.3 Å². The van der Waals surface area contributed by atoms with Gasteiger partial charge in [0.1, 0.15) is 17.2 Å². The van der Waals surface area contributed by atoms with Crippen molar-refractivity contribution in [1.29, 1.82) is 0 Å². The molecule has 1 N–H and O–H groups in total. The first-order valence-electron chi connectivity index (χ1n) is 9.94. The minimum Gasteiger partial charge on any atom is -0.381 e. The summed E-state index contributed by atoms with van der Waals surface area (Å²) in [5, 5.41) is 11.1. The molecular weight excluding hydrogens is 332 g/mol. The summed E-state index contributed by atoms with van der Waals surface area (Å²) in [6.45, 7) is 4.01. The number of aliphatic hydroxyl groups is 1. The van der Waals surface area contributed by atoms with Crippen LogP contribution >= 0.6 is 0 Å². The third-order valence-electron chi connectivity index (χ3n) is 8.84. The summed E-state index contributed by atoms with van der Waals surface area (Å²) in [6.07, 6.45) is 5.03. The average Bonchev–Trinajstić information content (AvgIpc) is 2.86. The summed E-state index contributed by atoms with van der Waals surface area (Å²) in [5.41, 5.74) is -2.71. The lowest BCUT2D eigenvalue weighted by Gasteiger charge is -2.59. The van der Waals surface area contributed by atoms with E-state index in [2.05, 4.69) is 6.92 Å². The minimum atomic E-state index is -1.71. The molecule has 142 valence electrons. The lowest BCUT2D eigenvalue weighted by Crippen LogP contribution is -2.61. The fourth-order valence-electron chi connectivity index (χ4n) is 7.37. The van der Waals surface area contributed by atoms with E-state index in [-0.39, 0.29) is 54.0 Å². The Kier molecular flexibility index (Phi) is 3.86. The first-order chi connectivity index (χ1) is 12.2. The number of rotatable bonds is 2. The van der Waals surface area contributed by atoms with Crippen LogP contribution in [0.5, 0.6) is 0 Å². The molecule has 0 radical (unpaired) electrons. The third-order valence-corrected chi connectivity index (χ3v) is 8.84. The summed E-state index contributed by atoms with van der Waals surface area (Å²) < 4.78 is 0. The number of hydrogen-bond donors (Lipinski definition) is 1. The Labute approximate surface area is 153 Å². The third kappa shape index (κ3) is 2.07. The molecule has 5 heteroatoms. The van der Waals surface area contributed by atoms with Crippen LogP contribution in [0.3, 0.4) is 0 Å². The predicted molar refractivity (Wildman–Crippen MR) is 93.1 cm³/mol. The Morgan fingerprint density at radius 1 is 1.15 bits per heavy atom. The molecule has 0 aliphatic heterocycles. The second-order valence-corrected chi connectivity index (χ2v) is 9.71. The quantitative estimate of drug-likeness (QED) is 0.603. The molecule has 0 aromatic rings. The highest BCUT2D eigenvalue weighted by molar-refractivity contribution is 6.29. The van der Waals surface area contributed by atoms with Gasteiger partial charge >= 0.3 is 0 Å². The van der Waals surface area contributed by atoms with Crippen molar-refractivity contribution in [3.8, 4) is 0 Å². The molecule has 7 atom stereocenters. The first kappa shape index (κ1) is 18.0. The number of carbonyl (C=O) groups is 4. The van der Waals surface area contributed by atoms with Crippen LogP contribution < -0.4 is 0 Å². The minimum absolute atomic E-state index is 0.0782. The summed E-state index contributed by atoms with van der Waals surface area (Å²) in [4.78, 5) is 48.6. The van der Waals surface area contributed by atoms with E-state index in [0.29, 0.717) is 25.0 Å². The van der Waals surface area contributed by atoms with Crippen LogP contribution in [-0.4, -0.2) is 34.3 Å². The van der Waals surface area contributed by atoms with Crippen molar-refractivity contribution in [3.05, 3.63) is 0 Å². The molecule has 0 amide bonds. The zero-order valence-electron chi connectivity index (χ0n) is 15.6. The van der Waals surface area contributed by atoms with Gasteiger partial charge in [-0.2, -0.15) is 0 Å². The van der Waals surface area contributed by atoms with Gasteiger partial charge in [0.25, 0.3) is 0 Å². The first-order valence-corrected chi connectivity index (χ1v) is 9.94. The van der Waals surface area contributed by atoms with E-state index < -0.39 is 16.8 Å². The molecule has 0 spiro atoms. The van der Waals surface area contributed by atoms with Gasteiger partial charge in [0.2, 0.25) is 5.78 Å². The van der Waals surface area contributed by atoms with E-state index >= 15 is 0 Å². The number of carbonyl (C=O) groups excluding carboxylic acids is 4. The Morgan fingerprint density at radius 3 is 2.58 bits per heavy atom. The van der Waals surface area contributed by atoms with Crippen LogP contribution in [0.1, 0.15) is 65.2 Å². The maximum atomic E-state index is 13.3. The molecule has 0 heterocycles. The number of Topliss-reactive ketones (excluding diaryl/α,β-unsaturated/α-hetero) is 3. The normalized spacial score (nSPS) is 50.6. The van der Waals surface area contributed by atoms with Crippen molar-refractivity contribution in [2.75, 3.05) is 0 Å². The fraction of sp³-hybridized carbons (Fsp3) is 0.810. The zero-order valence-corrected chi connectivity index (χ0v) is 15.6. The Hall–Kier alpha value is -1.36. The molecule has 26 heavy (non-hydrogen) atoms. The van der Waals surface area contributed by atoms with E-state index in [1.807, 2.05) is 6.92 Å². The molecule has 4 fully saturated rings. The molecule has 0 aromatic carbocycles. The van der Waals surface area contributed by atoms with Crippen LogP contribution in [0.25, 0.3) is 0 Å². The Balaban J connectivity index is 1.72. The zero-order chi connectivity index (χ0) is 18.9. The monoisotopic (exact) mass is 360 g/mol. The maximum Gasteiger partial charge on any atom is 0.227 e. The second kappa shape index (κ2) is 5.57. The highest BCUT2D eigenvalue weighted by atomic mass is 16.3. The van der Waals surface area contributed by atoms with E-state index in [1.54, 1.807) is 0 Å². The summed E-state index contributed by atoms with van der Waals surface area (Å²) in [5.74, 6) is 0.0621. The largest absolute Gasteiger partial charge is 0.381 e. The summed E-state index contributed by atoms with van der Waals surface area (Å²) in [6, 6.07) is 0. The smallest absolute Gasteiger partial charge is 0.227 e. The van der Waals surface area contributed by atoms with Gasteiger partial charge in [0.15, 0.2) is 6.29 Å². The van der Waals surface area contributed by atoms with Gasteiger partial charge in [-0.15, -0.1) is 0 Å².